The SMILES string of the molecule is C#CC1CCCN(C(=O)C(CCC(=O)O)NC(=O)OCC2c3ccccc3-c3ccccc32)C1. The van der Waals surface area contributed by atoms with Crippen LogP contribution in [0.3, 0.4) is 0 Å². The highest BCUT2D eigenvalue weighted by Gasteiger charge is 2.32. The van der Waals surface area contributed by atoms with Crippen LogP contribution in [0.2, 0.25) is 0 Å². The lowest BCUT2D eigenvalue weighted by Crippen LogP contribution is -2.51. The summed E-state index contributed by atoms with van der Waals surface area (Å²) < 4.78 is 5.56. The first kappa shape index (κ1) is 23.4. The van der Waals surface area contributed by atoms with Gasteiger partial charge in [0.2, 0.25) is 5.91 Å². The number of carbonyl (C=O) groups is 3. The number of hydrogen-bond acceptors (Lipinski definition) is 4. The van der Waals surface area contributed by atoms with Gasteiger partial charge >= 0.3 is 12.1 Å². The molecule has 2 atom stereocenters. The largest absolute Gasteiger partial charge is 0.481 e. The fourth-order valence-corrected chi connectivity index (χ4v) is 4.84. The van der Waals surface area contributed by atoms with Gasteiger partial charge in [-0.25, -0.2) is 4.79 Å². The predicted molar refractivity (Wildman–Crippen MR) is 127 cm³/mol. The molecule has 4 rings (SSSR count). The van der Waals surface area contributed by atoms with Crippen LogP contribution in [0.25, 0.3) is 11.1 Å². The number of alkyl carbamates (subject to hydrolysis) is 1. The molecule has 2 aromatic rings. The van der Waals surface area contributed by atoms with E-state index in [9.17, 15) is 14.4 Å². The number of benzene rings is 2. The van der Waals surface area contributed by atoms with Crippen LogP contribution in [0.1, 0.15) is 42.7 Å². The Morgan fingerprint density at radius 2 is 1.76 bits per heavy atom. The molecule has 2 aliphatic rings. The van der Waals surface area contributed by atoms with E-state index in [0.29, 0.717) is 13.1 Å². The Morgan fingerprint density at radius 3 is 2.38 bits per heavy atom. The average Bonchev–Trinajstić information content (AvgIpc) is 3.18. The van der Waals surface area contributed by atoms with Gasteiger partial charge in [0.25, 0.3) is 0 Å². The molecule has 34 heavy (non-hydrogen) atoms. The van der Waals surface area contributed by atoms with Crippen LogP contribution in [-0.4, -0.2) is 53.7 Å². The third-order valence-electron chi connectivity index (χ3n) is 6.55. The Kier molecular flexibility index (Phi) is 7.17. The van der Waals surface area contributed by atoms with E-state index < -0.39 is 18.1 Å². The van der Waals surface area contributed by atoms with Gasteiger partial charge in [-0.15, -0.1) is 12.3 Å². The number of carboxylic acid groups (broad SMARTS) is 1. The number of fused-ring (bicyclic) bond motifs is 3. The van der Waals surface area contributed by atoms with Crippen LogP contribution in [0.5, 0.6) is 0 Å². The number of rotatable bonds is 7. The van der Waals surface area contributed by atoms with Crippen molar-refractivity contribution in [2.45, 2.75) is 37.6 Å². The molecule has 0 aromatic heterocycles. The van der Waals surface area contributed by atoms with Gasteiger partial charge in [-0.3, -0.25) is 9.59 Å². The molecule has 0 saturated carbocycles. The minimum absolute atomic E-state index is 0.0183. The topological polar surface area (TPSA) is 95.9 Å². The minimum Gasteiger partial charge on any atom is -0.481 e. The number of hydrogen-bond donors (Lipinski definition) is 2. The fourth-order valence-electron chi connectivity index (χ4n) is 4.84. The van der Waals surface area contributed by atoms with Gasteiger partial charge in [0.15, 0.2) is 0 Å². The maximum Gasteiger partial charge on any atom is 0.407 e. The van der Waals surface area contributed by atoms with E-state index in [0.717, 1.165) is 35.1 Å². The van der Waals surface area contributed by atoms with Crippen LogP contribution in [0.4, 0.5) is 4.79 Å². The molecule has 2 amide bonds. The molecule has 0 spiro atoms. The Labute approximate surface area is 199 Å². The van der Waals surface area contributed by atoms with Gasteiger partial charge in [0.05, 0.1) is 0 Å². The molecule has 1 aliphatic heterocycles. The van der Waals surface area contributed by atoms with Crippen molar-refractivity contribution in [1.82, 2.24) is 10.2 Å². The number of amides is 2. The number of nitrogens with zero attached hydrogens (tertiary/aromatic N) is 1. The van der Waals surface area contributed by atoms with Crippen LogP contribution < -0.4 is 5.32 Å². The smallest absolute Gasteiger partial charge is 0.407 e. The predicted octanol–water partition coefficient (Wildman–Crippen LogP) is 3.63. The zero-order chi connectivity index (χ0) is 24.1. The molecule has 2 N–H and O–H groups in total. The normalized spacial score (nSPS) is 17.7. The van der Waals surface area contributed by atoms with E-state index >= 15 is 0 Å². The van der Waals surface area contributed by atoms with E-state index in [1.165, 1.54) is 0 Å². The Bertz CT molecular complexity index is 1080. The van der Waals surface area contributed by atoms with Gasteiger partial charge in [-0.1, -0.05) is 48.5 Å². The summed E-state index contributed by atoms with van der Waals surface area (Å²) >= 11 is 0. The lowest BCUT2D eigenvalue weighted by molar-refractivity contribution is -0.138. The molecule has 2 aromatic carbocycles. The number of nitrogens with one attached hydrogen (secondary N) is 1. The zero-order valence-electron chi connectivity index (χ0n) is 18.9. The summed E-state index contributed by atoms with van der Waals surface area (Å²) in [6.07, 6.45) is 6.15. The van der Waals surface area contributed by atoms with Crippen LogP contribution in [0.15, 0.2) is 48.5 Å². The highest BCUT2D eigenvalue weighted by molar-refractivity contribution is 5.86. The first-order valence-electron chi connectivity index (χ1n) is 11.6. The highest BCUT2D eigenvalue weighted by Crippen LogP contribution is 2.44. The maximum atomic E-state index is 13.1. The number of aliphatic carboxylic acids is 1. The van der Waals surface area contributed by atoms with Crippen molar-refractivity contribution in [3.63, 3.8) is 0 Å². The van der Waals surface area contributed by atoms with Gasteiger partial charge in [-0.05, 0) is 41.5 Å². The third kappa shape index (κ3) is 5.07. The third-order valence-corrected chi connectivity index (χ3v) is 6.55. The van der Waals surface area contributed by atoms with E-state index in [4.69, 9.17) is 16.3 Å². The molecule has 7 nitrogen and oxygen atoms in total. The molecule has 0 bridgehead atoms. The minimum atomic E-state index is -1.03. The lowest BCUT2D eigenvalue weighted by atomic mass is 9.98. The molecule has 2 unspecified atom stereocenters. The molecule has 1 heterocycles. The number of likely N-dealkylation sites (tertiary alicyclic amines) is 1. The molecule has 7 heteroatoms. The number of carboxylic acids is 1. The van der Waals surface area contributed by atoms with E-state index in [2.05, 4.69) is 23.4 Å². The average molecular weight is 461 g/mol. The lowest BCUT2D eigenvalue weighted by Gasteiger charge is -2.33. The quantitative estimate of drug-likeness (QED) is 0.615. The van der Waals surface area contributed by atoms with E-state index in [1.54, 1.807) is 4.90 Å². The van der Waals surface area contributed by atoms with Crippen molar-refractivity contribution in [3.8, 4) is 23.5 Å². The molecule has 0 radical (unpaired) electrons. The number of carbonyl (C=O) groups excluding carboxylic acids is 2. The summed E-state index contributed by atoms with van der Waals surface area (Å²) in [5.41, 5.74) is 4.41. The summed E-state index contributed by atoms with van der Waals surface area (Å²) in [5.74, 6) is 1.19. The highest BCUT2D eigenvalue weighted by atomic mass is 16.5. The van der Waals surface area contributed by atoms with Crippen molar-refractivity contribution in [3.05, 3.63) is 59.7 Å². The van der Waals surface area contributed by atoms with Crippen molar-refractivity contribution >= 4 is 18.0 Å². The second-order valence-corrected chi connectivity index (χ2v) is 8.74. The number of terminal acetylenes is 1. The first-order valence-corrected chi connectivity index (χ1v) is 11.6. The van der Waals surface area contributed by atoms with Crippen molar-refractivity contribution < 1.29 is 24.2 Å². The van der Waals surface area contributed by atoms with Crippen molar-refractivity contribution in [2.75, 3.05) is 19.7 Å². The molecule has 1 saturated heterocycles. The van der Waals surface area contributed by atoms with Crippen molar-refractivity contribution in [1.29, 1.82) is 0 Å². The Balaban J connectivity index is 1.42. The summed E-state index contributed by atoms with van der Waals surface area (Å²) in [6, 6.07) is 15.1. The summed E-state index contributed by atoms with van der Waals surface area (Å²) in [7, 11) is 0. The molecule has 1 aliphatic carbocycles. The molecule has 176 valence electrons. The Morgan fingerprint density at radius 1 is 1.12 bits per heavy atom. The fraction of sp³-hybridized carbons (Fsp3) is 0.370. The van der Waals surface area contributed by atoms with Gasteiger partial charge < -0.3 is 20.1 Å². The van der Waals surface area contributed by atoms with Crippen LogP contribution in [0, 0.1) is 18.3 Å². The summed E-state index contributed by atoms with van der Waals surface area (Å²) in [5, 5.41) is 11.7. The van der Waals surface area contributed by atoms with E-state index in [1.807, 2.05) is 36.4 Å². The van der Waals surface area contributed by atoms with Crippen LogP contribution >= 0.6 is 0 Å². The standard InChI is InChI=1S/C27H28N2O5/c1-2-18-8-7-15-29(16-18)26(32)24(13-14-25(30)31)28-27(33)34-17-23-21-11-5-3-9-19(21)20-10-4-6-12-22(20)23/h1,3-6,9-12,18,23-24H,7-8,13-17H2,(H,28,33)(H,30,31). The van der Waals surface area contributed by atoms with Gasteiger partial charge in [0, 0.05) is 31.3 Å². The number of piperidine rings is 1. The molecular weight excluding hydrogens is 432 g/mol. The van der Waals surface area contributed by atoms with Crippen LogP contribution in [-0.2, 0) is 14.3 Å². The zero-order valence-corrected chi connectivity index (χ0v) is 18.9. The number of ether oxygens (including phenoxy) is 1. The summed E-state index contributed by atoms with van der Waals surface area (Å²) in [4.78, 5) is 38.5. The van der Waals surface area contributed by atoms with E-state index in [-0.39, 0.29) is 37.2 Å². The monoisotopic (exact) mass is 460 g/mol. The first-order chi connectivity index (χ1) is 16.5. The van der Waals surface area contributed by atoms with Crippen molar-refractivity contribution in [2.24, 2.45) is 5.92 Å². The summed E-state index contributed by atoms with van der Waals surface area (Å²) in [6.45, 7) is 1.06. The maximum absolute atomic E-state index is 13.1. The van der Waals surface area contributed by atoms with Gasteiger partial charge in [0.1, 0.15) is 12.6 Å². The molecular formula is C27H28N2O5. The molecule has 1 fully saturated rings. The van der Waals surface area contributed by atoms with Gasteiger partial charge in [-0.2, -0.15) is 0 Å². The Hall–Kier alpha value is -3.79. The second-order valence-electron chi connectivity index (χ2n) is 8.74. The second kappa shape index (κ2) is 10.4.